The minimum absolute atomic E-state index is 0.0524. The molecule has 1 fully saturated rings. The lowest BCUT2D eigenvalue weighted by Crippen LogP contribution is -2.48. The van der Waals surface area contributed by atoms with Crippen LogP contribution in [0.4, 0.5) is 5.69 Å². The second kappa shape index (κ2) is 8.55. The van der Waals surface area contributed by atoms with Crippen LogP contribution in [0.15, 0.2) is 18.2 Å². The van der Waals surface area contributed by atoms with Gasteiger partial charge in [-0.2, -0.15) is 0 Å². The fourth-order valence-electron chi connectivity index (χ4n) is 3.11. The highest BCUT2D eigenvalue weighted by Gasteiger charge is 2.36. The molecule has 1 aliphatic heterocycles. The fraction of sp³-hybridized carbons (Fsp3) is 0.588. The Morgan fingerprint density at radius 3 is 2.63 bits per heavy atom. The molecule has 2 rings (SSSR count). The van der Waals surface area contributed by atoms with Crippen LogP contribution in [0.3, 0.4) is 0 Å². The van der Waals surface area contributed by atoms with Crippen LogP contribution in [0.1, 0.15) is 26.7 Å². The number of amides is 1. The topological polar surface area (TPSA) is 116 Å². The summed E-state index contributed by atoms with van der Waals surface area (Å²) in [6, 6.07) is 3.34. The van der Waals surface area contributed by atoms with E-state index in [-0.39, 0.29) is 53.3 Å². The first kappa shape index (κ1) is 20.9. The Morgan fingerprint density at radius 2 is 2.11 bits per heavy atom. The van der Waals surface area contributed by atoms with Crippen molar-refractivity contribution in [3.8, 4) is 11.5 Å². The molecule has 9 nitrogen and oxygen atoms in total. The smallest absolute Gasteiger partial charge is 0.273 e. The number of methoxy groups -OCH3 is 1. The molecule has 27 heavy (non-hydrogen) atoms. The summed E-state index contributed by atoms with van der Waals surface area (Å²) in [5.41, 5.74) is -0.182. The monoisotopic (exact) mass is 400 g/mol. The van der Waals surface area contributed by atoms with Gasteiger partial charge in [-0.3, -0.25) is 14.9 Å². The lowest BCUT2D eigenvalue weighted by atomic mass is 10.1. The highest BCUT2D eigenvalue weighted by Crippen LogP contribution is 2.31. The number of hydrogen-bond donors (Lipinski definition) is 0. The van der Waals surface area contributed by atoms with Crippen LogP contribution in [-0.2, 0) is 14.6 Å². The van der Waals surface area contributed by atoms with E-state index in [1.807, 2.05) is 13.8 Å². The first-order valence-corrected chi connectivity index (χ1v) is 10.5. The molecular formula is C17H24N2O7S. The van der Waals surface area contributed by atoms with Gasteiger partial charge in [-0.05, 0) is 25.8 Å². The van der Waals surface area contributed by atoms with Crippen LogP contribution in [-0.4, -0.2) is 61.5 Å². The number of rotatable bonds is 8. The van der Waals surface area contributed by atoms with E-state index in [1.54, 1.807) is 4.90 Å². The van der Waals surface area contributed by atoms with E-state index in [9.17, 15) is 23.3 Å². The third kappa shape index (κ3) is 5.09. The SMILES string of the molecule is CC[C@H](C)N(C(=O)COc1cc([N+](=O)[O-])ccc1OC)[C@H]1CCS(=O)(=O)C1. The van der Waals surface area contributed by atoms with Gasteiger partial charge in [0.2, 0.25) is 0 Å². The Hall–Kier alpha value is -2.36. The average molecular weight is 400 g/mol. The predicted octanol–water partition coefficient (Wildman–Crippen LogP) is 1.80. The van der Waals surface area contributed by atoms with Crippen molar-refractivity contribution in [2.24, 2.45) is 0 Å². The number of carbonyl (C=O) groups is 1. The van der Waals surface area contributed by atoms with E-state index in [0.29, 0.717) is 12.8 Å². The van der Waals surface area contributed by atoms with Gasteiger partial charge in [0.15, 0.2) is 27.9 Å². The lowest BCUT2D eigenvalue weighted by molar-refractivity contribution is -0.385. The van der Waals surface area contributed by atoms with Crippen molar-refractivity contribution in [1.82, 2.24) is 4.90 Å². The summed E-state index contributed by atoms with van der Waals surface area (Å²) in [5, 5.41) is 10.9. The fourth-order valence-corrected chi connectivity index (χ4v) is 4.82. The van der Waals surface area contributed by atoms with Crippen LogP contribution >= 0.6 is 0 Å². The third-order valence-electron chi connectivity index (χ3n) is 4.66. The average Bonchev–Trinajstić information content (AvgIpc) is 2.98. The summed E-state index contributed by atoms with van der Waals surface area (Å²) in [4.78, 5) is 24.7. The zero-order valence-corrected chi connectivity index (χ0v) is 16.4. The van der Waals surface area contributed by atoms with E-state index in [4.69, 9.17) is 9.47 Å². The molecule has 0 unspecified atom stereocenters. The summed E-state index contributed by atoms with van der Waals surface area (Å²) in [6.45, 7) is 3.41. The van der Waals surface area contributed by atoms with Crippen molar-refractivity contribution < 1.29 is 27.6 Å². The number of nitrogens with zero attached hydrogens (tertiary/aromatic N) is 2. The molecule has 150 valence electrons. The summed E-state index contributed by atoms with van der Waals surface area (Å²) < 4.78 is 34.2. The molecule has 0 aromatic heterocycles. The van der Waals surface area contributed by atoms with Gasteiger partial charge in [0.05, 0.1) is 29.6 Å². The molecule has 0 bridgehead atoms. The molecule has 0 aliphatic carbocycles. The maximum Gasteiger partial charge on any atom is 0.273 e. The van der Waals surface area contributed by atoms with Crippen molar-refractivity contribution in [2.75, 3.05) is 25.2 Å². The van der Waals surface area contributed by atoms with E-state index in [2.05, 4.69) is 0 Å². The molecule has 1 aliphatic rings. The molecule has 2 atom stereocenters. The van der Waals surface area contributed by atoms with E-state index >= 15 is 0 Å². The largest absolute Gasteiger partial charge is 0.493 e. The standard InChI is InChI=1S/C17H24N2O7S/c1-4-12(2)18(14-7-8-27(23,24)11-14)17(20)10-26-16-9-13(19(21)22)5-6-15(16)25-3/h5-6,9,12,14H,4,7-8,10-11H2,1-3H3/t12-,14-/m0/s1. The Bertz CT molecular complexity index is 809. The van der Waals surface area contributed by atoms with E-state index in [0.717, 1.165) is 0 Å². The molecule has 0 spiro atoms. The number of non-ortho nitro benzene ring substituents is 1. The molecule has 0 radical (unpaired) electrons. The molecule has 0 N–H and O–H groups in total. The van der Waals surface area contributed by atoms with Crippen LogP contribution in [0.5, 0.6) is 11.5 Å². The van der Waals surface area contributed by atoms with Gasteiger partial charge in [0.25, 0.3) is 11.6 Å². The summed E-state index contributed by atoms with van der Waals surface area (Å²) >= 11 is 0. The van der Waals surface area contributed by atoms with Gasteiger partial charge in [-0.25, -0.2) is 8.42 Å². The Kier molecular flexibility index (Phi) is 6.63. The molecule has 1 aromatic carbocycles. The molecule has 1 heterocycles. The van der Waals surface area contributed by atoms with Crippen LogP contribution < -0.4 is 9.47 Å². The van der Waals surface area contributed by atoms with Crippen molar-refractivity contribution >= 4 is 21.4 Å². The summed E-state index contributed by atoms with van der Waals surface area (Å²) in [5.74, 6) is 0.0100. The highest BCUT2D eigenvalue weighted by molar-refractivity contribution is 7.91. The van der Waals surface area contributed by atoms with Crippen molar-refractivity contribution in [1.29, 1.82) is 0 Å². The number of sulfone groups is 1. The number of ether oxygens (including phenoxy) is 2. The van der Waals surface area contributed by atoms with E-state index < -0.39 is 14.8 Å². The Balaban J connectivity index is 2.16. The van der Waals surface area contributed by atoms with Crippen molar-refractivity contribution in [2.45, 2.75) is 38.8 Å². The maximum atomic E-state index is 12.8. The minimum atomic E-state index is -3.14. The van der Waals surface area contributed by atoms with Gasteiger partial charge in [0, 0.05) is 18.2 Å². The van der Waals surface area contributed by atoms with Crippen LogP contribution in [0.2, 0.25) is 0 Å². The first-order valence-electron chi connectivity index (χ1n) is 8.65. The number of carbonyl (C=O) groups excluding carboxylic acids is 1. The molecule has 10 heteroatoms. The molecule has 1 amide bonds. The zero-order valence-electron chi connectivity index (χ0n) is 15.6. The Labute approximate surface area is 158 Å². The lowest BCUT2D eigenvalue weighted by Gasteiger charge is -2.33. The van der Waals surface area contributed by atoms with Gasteiger partial charge < -0.3 is 14.4 Å². The summed E-state index contributed by atoms with van der Waals surface area (Å²) in [6.07, 6.45) is 1.07. The van der Waals surface area contributed by atoms with Crippen molar-refractivity contribution in [3.05, 3.63) is 28.3 Å². The second-order valence-corrected chi connectivity index (χ2v) is 8.72. The zero-order chi connectivity index (χ0) is 20.2. The third-order valence-corrected chi connectivity index (χ3v) is 6.41. The normalized spacial score (nSPS) is 19.3. The van der Waals surface area contributed by atoms with Gasteiger partial charge in [0.1, 0.15) is 0 Å². The minimum Gasteiger partial charge on any atom is -0.493 e. The van der Waals surface area contributed by atoms with Crippen LogP contribution in [0.25, 0.3) is 0 Å². The quantitative estimate of drug-likeness (QED) is 0.482. The van der Waals surface area contributed by atoms with Gasteiger partial charge in [-0.1, -0.05) is 6.92 Å². The Morgan fingerprint density at radius 1 is 1.41 bits per heavy atom. The number of benzene rings is 1. The summed E-state index contributed by atoms with van der Waals surface area (Å²) in [7, 11) is -1.74. The number of hydrogen-bond acceptors (Lipinski definition) is 7. The molecule has 1 aromatic rings. The molecule has 0 saturated carbocycles. The van der Waals surface area contributed by atoms with Gasteiger partial charge in [-0.15, -0.1) is 0 Å². The maximum absolute atomic E-state index is 12.8. The molecule has 1 saturated heterocycles. The van der Waals surface area contributed by atoms with Crippen molar-refractivity contribution in [3.63, 3.8) is 0 Å². The van der Waals surface area contributed by atoms with E-state index in [1.165, 1.54) is 25.3 Å². The number of nitro groups is 1. The number of nitro benzene ring substituents is 1. The second-order valence-electron chi connectivity index (χ2n) is 6.50. The first-order chi connectivity index (χ1) is 12.7. The predicted molar refractivity (Wildman–Crippen MR) is 98.8 cm³/mol. The van der Waals surface area contributed by atoms with Crippen LogP contribution in [0, 0.1) is 10.1 Å². The van der Waals surface area contributed by atoms with Gasteiger partial charge >= 0.3 is 0 Å². The molecular weight excluding hydrogens is 376 g/mol. The highest BCUT2D eigenvalue weighted by atomic mass is 32.2.